The van der Waals surface area contributed by atoms with Crippen molar-refractivity contribution in [1.29, 1.82) is 0 Å². The van der Waals surface area contributed by atoms with Crippen LogP contribution in [-0.4, -0.2) is 51.1 Å². The van der Waals surface area contributed by atoms with Crippen LogP contribution in [-0.2, 0) is 9.84 Å². The topological polar surface area (TPSA) is 89.5 Å². The largest absolute Gasteiger partial charge is 0.497 e. The average molecular weight is 631 g/mol. The van der Waals surface area contributed by atoms with Gasteiger partial charge in [-0.15, -0.1) is 0 Å². The number of sulfone groups is 1. The lowest BCUT2D eigenvalue weighted by atomic mass is 10.1. The van der Waals surface area contributed by atoms with Crippen molar-refractivity contribution in [3.8, 4) is 34.5 Å². The molecule has 4 rings (SSSR count). The zero-order valence-electron chi connectivity index (χ0n) is 26.2. The molecule has 0 amide bonds. The van der Waals surface area contributed by atoms with Crippen molar-refractivity contribution in [1.82, 2.24) is 0 Å². The highest BCUT2D eigenvalue weighted by Gasteiger charge is 2.34. The first kappa shape index (κ1) is 33.0. The summed E-state index contributed by atoms with van der Waals surface area (Å²) >= 11 is 0. The zero-order valence-corrected chi connectivity index (χ0v) is 27.0. The van der Waals surface area contributed by atoms with Crippen molar-refractivity contribution in [3.05, 3.63) is 119 Å². The monoisotopic (exact) mass is 630 g/mol. The number of benzene rings is 4. The van der Waals surface area contributed by atoms with Gasteiger partial charge in [0.2, 0.25) is 0 Å². The molecule has 4 aromatic carbocycles. The number of ether oxygens (including phenoxy) is 6. The Morgan fingerprint density at radius 1 is 0.467 bits per heavy atom. The predicted octanol–water partition coefficient (Wildman–Crippen LogP) is 7.36. The molecule has 0 saturated heterocycles. The second-order valence-corrected chi connectivity index (χ2v) is 12.1. The summed E-state index contributed by atoms with van der Waals surface area (Å²) in [5, 5.41) is -2.11. The Hall–Kier alpha value is -4.89. The molecule has 0 aliphatic heterocycles. The van der Waals surface area contributed by atoms with Gasteiger partial charge in [-0.2, -0.15) is 0 Å². The molecule has 0 aliphatic rings. The predicted molar refractivity (Wildman–Crippen MR) is 178 cm³/mol. The summed E-state index contributed by atoms with van der Waals surface area (Å²) in [5.41, 5.74) is 2.48. The van der Waals surface area contributed by atoms with Crippen molar-refractivity contribution in [2.24, 2.45) is 0 Å². The van der Waals surface area contributed by atoms with E-state index >= 15 is 0 Å². The number of hydrogen-bond acceptors (Lipinski definition) is 8. The fourth-order valence-corrected chi connectivity index (χ4v) is 6.87. The Morgan fingerprint density at radius 2 is 0.800 bits per heavy atom. The first-order valence-corrected chi connectivity index (χ1v) is 15.7. The molecule has 2 atom stereocenters. The van der Waals surface area contributed by atoms with Crippen LogP contribution in [0.1, 0.15) is 32.8 Å². The molecule has 8 nitrogen and oxygen atoms in total. The highest BCUT2D eigenvalue weighted by Crippen LogP contribution is 2.39. The molecule has 4 aromatic rings. The van der Waals surface area contributed by atoms with E-state index in [1.54, 1.807) is 152 Å². The van der Waals surface area contributed by atoms with Crippen LogP contribution in [0.5, 0.6) is 34.5 Å². The number of hydrogen-bond donors (Lipinski definition) is 0. The molecule has 0 aliphatic carbocycles. The third-order valence-electron chi connectivity index (χ3n) is 7.37. The van der Waals surface area contributed by atoms with Crippen LogP contribution in [0.15, 0.2) is 97.1 Å². The van der Waals surface area contributed by atoms with Gasteiger partial charge >= 0.3 is 0 Å². The second-order valence-electron chi connectivity index (χ2n) is 9.91. The van der Waals surface area contributed by atoms with E-state index in [2.05, 4.69) is 0 Å². The first-order chi connectivity index (χ1) is 21.8. The van der Waals surface area contributed by atoms with E-state index in [1.165, 1.54) is 0 Å². The van der Waals surface area contributed by atoms with Crippen LogP contribution in [0.3, 0.4) is 0 Å². The zero-order chi connectivity index (χ0) is 32.4. The Balaban J connectivity index is 1.90. The molecule has 0 bridgehead atoms. The summed E-state index contributed by atoms with van der Waals surface area (Å²) < 4.78 is 62.3. The third kappa shape index (κ3) is 7.80. The van der Waals surface area contributed by atoms with E-state index in [9.17, 15) is 8.42 Å². The lowest BCUT2D eigenvalue weighted by Crippen LogP contribution is -2.19. The minimum absolute atomic E-state index is 0.569. The van der Waals surface area contributed by atoms with Crippen molar-refractivity contribution in [2.45, 2.75) is 10.5 Å². The van der Waals surface area contributed by atoms with Crippen molar-refractivity contribution < 1.29 is 36.8 Å². The maximum atomic E-state index is 14.9. The Bertz CT molecular complexity index is 1600. The van der Waals surface area contributed by atoms with E-state index < -0.39 is 20.3 Å². The first-order valence-electron chi connectivity index (χ1n) is 14.1. The van der Waals surface area contributed by atoms with Crippen LogP contribution >= 0.6 is 0 Å². The molecule has 45 heavy (non-hydrogen) atoms. The van der Waals surface area contributed by atoms with Gasteiger partial charge in [0, 0.05) is 11.1 Å². The summed E-state index contributed by atoms with van der Waals surface area (Å²) in [6.45, 7) is 0. The quantitative estimate of drug-likeness (QED) is 0.143. The minimum atomic E-state index is -4.02. The fraction of sp³-hybridized carbons (Fsp3) is 0.222. The Morgan fingerprint density at radius 3 is 1.11 bits per heavy atom. The molecular weight excluding hydrogens is 592 g/mol. The van der Waals surface area contributed by atoms with Gasteiger partial charge < -0.3 is 28.4 Å². The van der Waals surface area contributed by atoms with Crippen LogP contribution in [0.25, 0.3) is 12.2 Å². The SMILES string of the molecule is COc1ccc(C(C=Cc2cc(OC)ccc2OC)S(=O)(=O)C(C=Cc2cc(OC)ccc2OC)c2ccc(OC)cc2)cc1. The maximum absolute atomic E-state index is 14.9. The smallest absolute Gasteiger partial charge is 0.171 e. The molecule has 0 N–H and O–H groups in total. The molecule has 0 radical (unpaired) electrons. The fourth-order valence-electron chi connectivity index (χ4n) is 4.89. The lowest BCUT2D eigenvalue weighted by Gasteiger charge is -2.22. The highest BCUT2D eigenvalue weighted by molar-refractivity contribution is 7.92. The van der Waals surface area contributed by atoms with Crippen molar-refractivity contribution >= 4 is 22.0 Å². The van der Waals surface area contributed by atoms with Gasteiger partial charge in [0.05, 0.1) is 42.7 Å². The van der Waals surface area contributed by atoms with E-state index in [4.69, 9.17) is 28.4 Å². The molecule has 2 unspecified atom stereocenters. The van der Waals surface area contributed by atoms with Crippen LogP contribution in [0, 0.1) is 0 Å². The summed E-state index contributed by atoms with van der Waals surface area (Å²) in [6, 6.07) is 24.7. The van der Waals surface area contributed by atoms with Crippen molar-refractivity contribution in [3.63, 3.8) is 0 Å². The second kappa shape index (κ2) is 15.2. The van der Waals surface area contributed by atoms with E-state index in [-0.39, 0.29) is 0 Å². The van der Waals surface area contributed by atoms with Gasteiger partial charge in [-0.3, -0.25) is 0 Å². The molecular formula is C36H38O8S. The molecule has 0 aromatic heterocycles. The number of rotatable bonds is 14. The normalized spacial score (nSPS) is 12.9. The van der Waals surface area contributed by atoms with Crippen molar-refractivity contribution in [2.75, 3.05) is 42.7 Å². The summed E-state index contributed by atoms with van der Waals surface area (Å²) in [6.07, 6.45) is 6.83. The van der Waals surface area contributed by atoms with Gasteiger partial charge in [0.25, 0.3) is 0 Å². The van der Waals surface area contributed by atoms with Gasteiger partial charge in [-0.25, -0.2) is 8.42 Å². The molecule has 9 heteroatoms. The Labute approximate surface area is 265 Å². The third-order valence-corrected chi connectivity index (χ3v) is 9.65. The summed E-state index contributed by atoms with van der Waals surface area (Å²) in [5.74, 6) is 3.62. The molecule has 0 spiro atoms. The Kier molecular flexibility index (Phi) is 11.2. The highest BCUT2D eigenvalue weighted by atomic mass is 32.2. The van der Waals surface area contributed by atoms with E-state index in [1.807, 2.05) is 0 Å². The molecule has 0 saturated carbocycles. The van der Waals surface area contributed by atoms with E-state index in [0.717, 1.165) is 0 Å². The average Bonchev–Trinajstić information content (AvgIpc) is 3.08. The van der Waals surface area contributed by atoms with Gasteiger partial charge in [-0.05, 0) is 71.8 Å². The van der Waals surface area contributed by atoms with Gasteiger partial charge in [-0.1, -0.05) is 48.6 Å². The minimum Gasteiger partial charge on any atom is -0.497 e. The standard InChI is InChI=1S/C36H38O8S/c1-39-29-13-7-25(8-14-29)35(21-11-27-23-31(41-3)17-19-33(27)43-5)45(37,38)36(26-9-15-30(40-2)16-10-26)22-12-28-24-32(42-4)18-20-34(28)44-6/h7-24,35-36H,1-6H3. The van der Waals surface area contributed by atoms with Crippen LogP contribution in [0.2, 0.25) is 0 Å². The van der Waals surface area contributed by atoms with E-state index in [0.29, 0.717) is 56.8 Å². The van der Waals surface area contributed by atoms with Crippen LogP contribution in [0.4, 0.5) is 0 Å². The molecule has 0 heterocycles. The molecule has 236 valence electrons. The van der Waals surface area contributed by atoms with Crippen LogP contribution < -0.4 is 28.4 Å². The summed E-state index contributed by atoms with van der Waals surface area (Å²) in [7, 11) is 5.38. The lowest BCUT2D eigenvalue weighted by molar-refractivity contribution is 0.402. The van der Waals surface area contributed by atoms with Gasteiger partial charge in [0.1, 0.15) is 45.0 Å². The summed E-state index contributed by atoms with van der Waals surface area (Å²) in [4.78, 5) is 0. The molecule has 0 fully saturated rings. The van der Waals surface area contributed by atoms with Gasteiger partial charge in [0.15, 0.2) is 9.84 Å². The maximum Gasteiger partial charge on any atom is 0.171 e. The number of methoxy groups -OCH3 is 6.